The van der Waals surface area contributed by atoms with Gasteiger partial charge in [0.1, 0.15) is 5.82 Å². The highest BCUT2D eigenvalue weighted by Gasteiger charge is 2.37. The second-order valence-electron chi connectivity index (χ2n) is 8.07. The molecule has 9 heteroatoms. The van der Waals surface area contributed by atoms with Gasteiger partial charge < -0.3 is 20.7 Å². The summed E-state index contributed by atoms with van der Waals surface area (Å²) >= 11 is 1.69. The summed E-state index contributed by atoms with van der Waals surface area (Å²) in [7, 11) is -1.00. The maximum atomic E-state index is 12.7. The number of nitrogens with one attached hydrogen (secondary N) is 1. The number of benzene rings is 1. The summed E-state index contributed by atoms with van der Waals surface area (Å²) in [6.07, 6.45) is 0. The molecule has 0 spiro atoms. The van der Waals surface area contributed by atoms with Crippen molar-refractivity contribution in [2.45, 2.75) is 18.4 Å². The summed E-state index contributed by atoms with van der Waals surface area (Å²) in [6.45, 7) is 6.04. The van der Waals surface area contributed by atoms with E-state index < -0.39 is 10.8 Å². The Kier molecular flexibility index (Phi) is 5.22. The number of thiophene rings is 1. The highest BCUT2D eigenvalue weighted by Crippen LogP contribution is 2.34. The lowest BCUT2D eigenvalue weighted by atomic mass is 9.86. The third-order valence-corrected chi connectivity index (χ3v) is 8.26. The average molecular weight is 444 g/mol. The Morgan fingerprint density at radius 2 is 2.17 bits per heavy atom. The molecular weight excluding hydrogens is 418 g/mol. The first-order valence-corrected chi connectivity index (χ1v) is 12.2. The van der Waals surface area contributed by atoms with Gasteiger partial charge in [0.2, 0.25) is 5.95 Å². The van der Waals surface area contributed by atoms with Gasteiger partial charge >= 0.3 is 0 Å². The zero-order chi connectivity index (χ0) is 20.7. The molecule has 1 saturated heterocycles. The van der Waals surface area contributed by atoms with Crippen LogP contribution in [0.25, 0.3) is 10.2 Å². The zero-order valence-corrected chi connectivity index (χ0v) is 18.5. The molecule has 7 nitrogen and oxygen atoms in total. The molecule has 0 amide bonds. The Bertz CT molecular complexity index is 1110. The maximum absolute atomic E-state index is 12.7. The van der Waals surface area contributed by atoms with Crippen molar-refractivity contribution >= 4 is 44.1 Å². The molecular formula is C21H25N5O2S2. The van der Waals surface area contributed by atoms with E-state index in [2.05, 4.69) is 23.2 Å². The van der Waals surface area contributed by atoms with Crippen LogP contribution in [0.1, 0.15) is 10.4 Å². The number of hydrogen-bond donors (Lipinski definition) is 2. The molecule has 2 aromatic heterocycles. The molecule has 0 radical (unpaired) electrons. The molecule has 158 valence electrons. The van der Waals surface area contributed by atoms with E-state index in [9.17, 15) is 4.21 Å². The van der Waals surface area contributed by atoms with Gasteiger partial charge in [-0.3, -0.25) is 4.21 Å². The summed E-state index contributed by atoms with van der Waals surface area (Å²) in [4.78, 5) is 14.0. The number of hydrogen-bond acceptors (Lipinski definition) is 8. The third kappa shape index (κ3) is 3.60. The number of rotatable bonds is 5. The van der Waals surface area contributed by atoms with Gasteiger partial charge in [0.05, 0.1) is 34.2 Å². The number of aromatic nitrogens is 2. The standard InChI is InChI=1S/C21H25N5O2S2/c1-14-8-16-18(29-14)19(23-11-21(10-22)12-28-13-21)25-20(24-16)26-6-7-30(27)17-5-3-2-4-15(17)9-26/h2-5,8H,6-7,9-13,22H2,1H3,(H,23,24,25). The van der Waals surface area contributed by atoms with Crippen LogP contribution < -0.4 is 16.0 Å². The minimum absolute atomic E-state index is 0.0256. The molecule has 0 aliphatic carbocycles. The summed E-state index contributed by atoms with van der Waals surface area (Å²) in [5, 5.41) is 3.53. The van der Waals surface area contributed by atoms with Gasteiger partial charge in [0.25, 0.3) is 0 Å². The van der Waals surface area contributed by atoms with Crippen LogP contribution in [-0.4, -0.2) is 52.8 Å². The van der Waals surface area contributed by atoms with E-state index in [0.29, 0.717) is 44.5 Å². The normalized spacial score (nSPS) is 20.5. The van der Waals surface area contributed by atoms with E-state index in [4.69, 9.17) is 20.4 Å². The van der Waals surface area contributed by atoms with Crippen LogP contribution in [0.4, 0.5) is 11.8 Å². The van der Waals surface area contributed by atoms with Gasteiger partial charge in [-0.15, -0.1) is 11.3 Å². The summed E-state index contributed by atoms with van der Waals surface area (Å²) in [5.41, 5.74) is 7.97. The van der Waals surface area contributed by atoms with E-state index >= 15 is 0 Å². The Balaban J connectivity index is 1.49. The largest absolute Gasteiger partial charge is 0.380 e. The monoisotopic (exact) mass is 443 g/mol. The number of nitrogens with zero attached hydrogens (tertiary/aromatic N) is 3. The molecule has 30 heavy (non-hydrogen) atoms. The lowest BCUT2D eigenvalue weighted by molar-refractivity contribution is -0.0979. The Labute approximate surface area is 182 Å². The lowest BCUT2D eigenvalue weighted by Gasteiger charge is -2.40. The van der Waals surface area contributed by atoms with E-state index in [1.807, 2.05) is 24.3 Å². The Hall–Kier alpha value is -2.07. The van der Waals surface area contributed by atoms with Gasteiger partial charge in [-0.2, -0.15) is 4.98 Å². The van der Waals surface area contributed by atoms with Crippen LogP contribution in [0.15, 0.2) is 35.2 Å². The van der Waals surface area contributed by atoms with E-state index in [1.165, 1.54) is 4.88 Å². The Morgan fingerprint density at radius 3 is 2.93 bits per heavy atom. The molecule has 2 aliphatic heterocycles. The van der Waals surface area contributed by atoms with E-state index in [1.54, 1.807) is 11.3 Å². The predicted octanol–water partition coefficient (Wildman–Crippen LogP) is 2.51. The van der Waals surface area contributed by atoms with E-state index in [-0.39, 0.29) is 5.41 Å². The van der Waals surface area contributed by atoms with Crippen molar-refractivity contribution < 1.29 is 8.95 Å². The van der Waals surface area contributed by atoms with Crippen molar-refractivity contribution in [3.05, 3.63) is 40.8 Å². The first-order chi connectivity index (χ1) is 14.6. The average Bonchev–Trinajstić information content (AvgIpc) is 3.01. The van der Waals surface area contributed by atoms with Crippen LogP contribution in [-0.2, 0) is 22.1 Å². The Morgan fingerprint density at radius 1 is 1.33 bits per heavy atom. The van der Waals surface area contributed by atoms with Gasteiger partial charge in [-0.25, -0.2) is 4.98 Å². The first kappa shape index (κ1) is 19.9. The lowest BCUT2D eigenvalue weighted by Crippen LogP contribution is -2.52. The van der Waals surface area contributed by atoms with Crippen LogP contribution in [0.5, 0.6) is 0 Å². The quantitative estimate of drug-likeness (QED) is 0.626. The van der Waals surface area contributed by atoms with Crippen molar-refractivity contribution in [2.75, 3.05) is 48.8 Å². The number of fused-ring (bicyclic) bond motifs is 2. The molecule has 4 heterocycles. The molecule has 1 unspecified atom stereocenters. The fraction of sp³-hybridized carbons (Fsp3) is 0.429. The summed E-state index contributed by atoms with van der Waals surface area (Å²) < 4.78 is 19.1. The van der Waals surface area contributed by atoms with Crippen LogP contribution in [0, 0.1) is 12.3 Å². The topological polar surface area (TPSA) is 93.4 Å². The van der Waals surface area contributed by atoms with Gasteiger partial charge in [-0.05, 0) is 24.6 Å². The van der Waals surface area contributed by atoms with Crippen LogP contribution in [0.2, 0.25) is 0 Å². The van der Waals surface area contributed by atoms with Gasteiger partial charge in [0.15, 0.2) is 0 Å². The molecule has 2 aliphatic rings. The van der Waals surface area contributed by atoms with Gasteiger partial charge in [0, 0.05) is 47.1 Å². The third-order valence-electron chi connectivity index (χ3n) is 5.77. The van der Waals surface area contributed by atoms with Crippen molar-refractivity contribution in [3.63, 3.8) is 0 Å². The number of ether oxygens (including phenoxy) is 1. The summed E-state index contributed by atoms with van der Waals surface area (Å²) in [5.74, 6) is 2.08. The predicted molar refractivity (Wildman–Crippen MR) is 122 cm³/mol. The van der Waals surface area contributed by atoms with Crippen molar-refractivity contribution in [1.82, 2.24) is 9.97 Å². The molecule has 3 aromatic rings. The number of anilines is 2. The molecule has 1 fully saturated rings. The second-order valence-corrected chi connectivity index (χ2v) is 10.9. The fourth-order valence-electron chi connectivity index (χ4n) is 3.87. The van der Waals surface area contributed by atoms with Gasteiger partial charge in [-0.1, -0.05) is 18.2 Å². The minimum Gasteiger partial charge on any atom is -0.380 e. The van der Waals surface area contributed by atoms with E-state index in [0.717, 1.165) is 33.0 Å². The molecule has 5 rings (SSSR count). The highest BCUT2D eigenvalue weighted by molar-refractivity contribution is 7.85. The van der Waals surface area contributed by atoms with Crippen molar-refractivity contribution in [1.29, 1.82) is 0 Å². The highest BCUT2D eigenvalue weighted by atomic mass is 32.2. The molecule has 1 aromatic carbocycles. The zero-order valence-electron chi connectivity index (χ0n) is 16.9. The van der Waals surface area contributed by atoms with Crippen molar-refractivity contribution in [3.8, 4) is 0 Å². The smallest absolute Gasteiger partial charge is 0.228 e. The maximum Gasteiger partial charge on any atom is 0.228 e. The first-order valence-electron chi connectivity index (χ1n) is 10.1. The molecule has 0 saturated carbocycles. The fourth-order valence-corrected chi connectivity index (χ4v) is 6.04. The molecule has 3 N–H and O–H groups in total. The van der Waals surface area contributed by atoms with Crippen molar-refractivity contribution in [2.24, 2.45) is 11.1 Å². The molecule has 1 atom stereocenters. The SMILES string of the molecule is Cc1cc2nc(N3CCS(=O)c4ccccc4C3)nc(NCC3(CN)COC3)c2s1. The minimum atomic E-state index is -1.00. The summed E-state index contributed by atoms with van der Waals surface area (Å²) in [6, 6.07) is 10.0. The second kappa shape index (κ2) is 7.88. The molecule has 0 bridgehead atoms. The number of nitrogens with two attached hydrogens (primary N) is 1. The van der Waals surface area contributed by atoms with Crippen LogP contribution in [0.3, 0.4) is 0 Å². The number of aryl methyl sites for hydroxylation is 1. The van der Waals surface area contributed by atoms with Crippen LogP contribution >= 0.6 is 11.3 Å².